The van der Waals surface area contributed by atoms with E-state index in [1.165, 1.54) is 24.6 Å². The molecular weight excluding hydrogens is 631 g/mol. The summed E-state index contributed by atoms with van der Waals surface area (Å²) in [6.07, 6.45) is -5.35. The molecule has 1 saturated carbocycles. The average Bonchev–Trinajstić information content (AvgIpc) is 3.53. The molecule has 45 heavy (non-hydrogen) atoms. The summed E-state index contributed by atoms with van der Waals surface area (Å²) >= 11 is 0. The summed E-state index contributed by atoms with van der Waals surface area (Å²) in [5.74, 6) is 0.103. The lowest BCUT2D eigenvalue weighted by Crippen LogP contribution is -2.53. The molecule has 0 radical (unpaired) electrons. The van der Waals surface area contributed by atoms with Crippen LogP contribution in [0.25, 0.3) is 0 Å². The van der Waals surface area contributed by atoms with Crippen molar-refractivity contribution in [3.63, 3.8) is 0 Å². The maximum absolute atomic E-state index is 12.9. The number of carboxylic acid groups (broad SMARTS) is 1. The van der Waals surface area contributed by atoms with Gasteiger partial charge in [-0.25, -0.2) is 4.39 Å². The zero-order valence-corrected chi connectivity index (χ0v) is 26.5. The van der Waals surface area contributed by atoms with Crippen LogP contribution in [-0.4, -0.2) is 62.4 Å². The van der Waals surface area contributed by atoms with Gasteiger partial charge < -0.3 is 15.1 Å². The molecule has 2 N–H and O–H groups in total. The van der Waals surface area contributed by atoms with Gasteiger partial charge in [0, 0.05) is 29.5 Å². The Morgan fingerprint density at radius 2 is 1.31 bits per heavy atom. The lowest BCUT2D eigenvalue weighted by atomic mass is 9.88. The topological polar surface area (TPSA) is 94.9 Å². The highest BCUT2D eigenvalue weighted by Crippen LogP contribution is 2.49. The Morgan fingerprint density at radius 1 is 0.844 bits per heavy atom. The molecule has 1 saturated heterocycles. The van der Waals surface area contributed by atoms with E-state index in [1.807, 2.05) is 32.6 Å². The van der Waals surface area contributed by atoms with Crippen LogP contribution in [0, 0.1) is 11.7 Å². The van der Waals surface area contributed by atoms with Gasteiger partial charge in [0.25, 0.3) is 12.1 Å². The molecule has 4 rings (SSSR count). The minimum atomic E-state index is -5.83. The lowest BCUT2D eigenvalue weighted by Gasteiger charge is -2.32. The predicted octanol–water partition coefficient (Wildman–Crippen LogP) is 7.87. The van der Waals surface area contributed by atoms with Crippen LogP contribution in [0.4, 0.5) is 30.7 Å². The molecule has 0 bridgehead atoms. The number of alkyl halides is 6. The van der Waals surface area contributed by atoms with Gasteiger partial charge in [0.1, 0.15) is 5.82 Å². The van der Waals surface area contributed by atoms with Crippen molar-refractivity contribution in [3.05, 3.63) is 66.0 Å². The van der Waals surface area contributed by atoms with Crippen LogP contribution in [-0.2, 0) is 26.0 Å². The quantitative estimate of drug-likeness (QED) is 0.255. The third-order valence-corrected chi connectivity index (χ3v) is 8.50. The minimum absolute atomic E-state index is 0.0296. The second-order valence-corrected chi connectivity index (χ2v) is 11.2. The fourth-order valence-corrected chi connectivity index (χ4v) is 6.06. The molecule has 6 nitrogen and oxygen atoms in total. The maximum Gasteiger partial charge on any atom is 0.430 e. The number of halogens is 7. The van der Waals surface area contributed by atoms with E-state index in [1.54, 1.807) is 12.1 Å². The van der Waals surface area contributed by atoms with Crippen LogP contribution in [0.1, 0.15) is 71.8 Å². The second-order valence-electron chi connectivity index (χ2n) is 9.46. The highest BCUT2D eigenvalue weighted by atomic mass is 32.2. The molecule has 256 valence electrons. The van der Waals surface area contributed by atoms with Gasteiger partial charge >= 0.3 is 12.4 Å². The Labute approximate surface area is 262 Å². The molecule has 1 aliphatic carbocycles. The third kappa shape index (κ3) is 12.0. The molecule has 2 aliphatic rings. The van der Waals surface area contributed by atoms with E-state index < -0.39 is 34.3 Å². The summed E-state index contributed by atoms with van der Waals surface area (Å²) in [4.78, 5) is 23.4. The first-order chi connectivity index (χ1) is 21.2. The number of amides is 1. The van der Waals surface area contributed by atoms with E-state index in [0.717, 1.165) is 44.2 Å². The van der Waals surface area contributed by atoms with Gasteiger partial charge in [-0.2, -0.15) is 26.3 Å². The average molecular weight is 674 g/mol. The molecule has 2 atom stereocenters. The zero-order chi connectivity index (χ0) is 34.8. The number of rotatable bonds is 4. The molecule has 2 aromatic rings. The van der Waals surface area contributed by atoms with Crippen LogP contribution < -0.4 is 0 Å². The number of aliphatic hydroxyl groups is 1. The number of carbonyl (C=O) groups is 2. The number of likely N-dealkylation sites (tertiary alicyclic amines) is 1. The molecule has 1 heterocycles. The second kappa shape index (κ2) is 20.2. The fraction of sp³-hybridized carbons (Fsp3) is 0.548. The van der Waals surface area contributed by atoms with Gasteiger partial charge in [-0.1, -0.05) is 77.3 Å². The number of nitrogens with zero attached hydrogens (tertiary/aromatic N) is 1. The number of hydrogen-bond acceptors (Lipinski definition) is 4. The monoisotopic (exact) mass is 673 g/mol. The molecule has 0 aromatic heterocycles. The maximum atomic E-state index is 12.9. The first-order valence-electron chi connectivity index (χ1n) is 14.6. The van der Waals surface area contributed by atoms with E-state index in [4.69, 9.17) is 15.0 Å². The lowest BCUT2D eigenvalue weighted by molar-refractivity contribution is -0.376. The Balaban J connectivity index is 0.000000743. The van der Waals surface area contributed by atoms with E-state index in [0.29, 0.717) is 30.1 Å². The Hall–Kier alpha value is -3.00. The molecule has 14 heteroatoms. The van der Waals surface area contributed by atoms with Gasteiger partial charge in [0.2, 0.25) is 5.91 Å². The van der Waals surface area contributed by atoms with Crippen molar-refractivity contribution in [2.24, 2.45) is 5.92 Å². The molecule has 0 spiro atoms. The van der Waals surface area contributed by atoms with Crippen LogP contribution in [0.15, 0.2) is 59.5 Å². The first-order valence-corrected chi connectivity index (χ1v) is 15.8. The smallest absolute Gasteiger partial charge is 0.430 e. The van der Waals surface area contributed by atoms with E-state index in [2.05, 4.69) is 0 Å². The Morgan fingerprint density at radius 3 is 1.76 bits per heavy atom. The van der Waals surface area contributed by atoms with Gasteiger partial charge in [-0.05, 0) is 43.5 Å². The normalized spacial score (nSPS) is 17.4. The predicted molar refractivity (Wildman–Crippen MR) is 158 cm³/mol. The summed E-state index contributed by atoms with van der Waals surface area (Å²) < 4.78 is 99.4. The van der Waals surface area contributed by atoms with Gasteiger partial charge in [0.05, 0.1) is 16.0 Å². The highest BCUT2D eigenvalue weighted by Gasteiger charge is 2.71. The molecule has 2 aromatic carbocycles. The van der Waals surface area contributed by atoms with Crippen LogP contribution >= 0.6 is 0 Å². The van der Waals surface area contributed by atoms with E-state index >= 15 is 0 Å². The summed E-state index contributed by atoms with van der Waals surface area (Å²) in [6, 6.07) is 10.2. The van der Waals surface area contributed by atoms with Crippen molar-refractivity contribution >= 4 is 23.2 Å². The van der Waals surface area contributed by atoms with Crippen molar-refractivity contribution in [2.45, 2.75) is 94.3 Å². The first kappa shape index (κ1) is 42.0. The van der Waals surface area contributed by atoms with Crippen molar-refractivity contribution in [2.75, 3.05) is 13.1 Å². The molecule has 1 amide bonds. The van der Waals surface area contributed by atoms with Gasteiger partial charge in [-0.15, -0.1) is 0 Å². The van der Waals surface area contributed by atoms with Crippen molar-refractivity contribution in [1.29, 1.82) is 0 Å². The number of benzene rings is 2. The Kier molecular flexibility index (Phi) is 18.8. The van der Waals surface area contributed by atoms with Crippen molar-refractivity contribution in [3.8, 4) is 0 Å². The fourth-order valence-electron chi connectivity index (χ4n) is 4.64. The number of carbonyl (C=O) groups excluding carboxylic acids is 1. The largest absolute Gasteiger partial charge is 0.483 e. The summed E-state index contributed by atoms with van der Waals surface area (Å²) in [5.41, 5.74) is -6.09. The molecule has 2 unspecified atom stereocenters. The van der Waals surface area contributed by atoms with E-state index in [-0.39, 0.29) is 29.4 Å². The van der Waals surface area contributed by atoms with Crippen LogP contribution in [0.2, 0.25) is 0 Å². The van der Waals surface area contributed by atoms with Gasteiger partial charge in [0.15, 0.2) is 0 Å². The van der Waals surface area contributed by atoms with Crippen molar-refractivity contribution < 1.29 is 54.7 Å². The summed E-state index contributed by atoms with van der Waals surface area (Å²) in [6.45, 7) is 9.02. The SMILES string of the molecule is CC.CC.O=C(C1CCCCC1)N1CCC(S(=O)c2ccc(F)cc2)C1.O=CO.OC(c1ccccc1)(C(F)(F)F)C(F)(F)F. The Bertz CT molecular complexity index is 1130. The molecule has 1 aliphatic heterocycles. The standard InChI is InChI=1S/C17H22FNO2S.C9H6F6O.2C2H6.CH2O2/c18-14-6-8-15(9-7-14)22(21)16-10-11-19(12-16)17(20)13-4-2-1-3-5-13;10-8(11,12)7(16,9(13,14)15)6-4-2-1-3-5-6;2*1-2;2-1-3/h6-9,13,16H,1-5,10-12H2;1-5,16H;2*1-2H3;1H,(H,2,3). The van der Waals surface area contributed by atoms with Crippen LogP contribution in [0.5, 0.6) is 0 Å². The minimum Gasteiger partial charge on any atom is -0.483 e. The van der Waals surface area contributed by atoms with Crippen molar-refractivity contribution in [1.82, 2.24) is 4.90 Å². The molecule has 2 fully saturated rings. The highest BCUT2D eigenvalue weighted by molar-refractivity contribution is 7.85. The summed E-state index contributed by atoms with van der Waals surface area (Å²) in [7, 11) is -1.17. The molecular formula is C31H42F7NO5S. The summed E-state index contributed by atoms with van der Waals surface area (Å²) in [5, 5.41) is 15.8. The van der Waals surface area contributed by atoms with E-state index in [9.17, 15) is 39.7 Å². The van der Waals surface area contributed by atoms with Crippen LogP contribution in [0.3, 0.4) is 0 Å². The number of hydrogen-bond donors (Lipinski definition) is 2. The zero-order valence-electron chi connectivity index (χ0n) is 25.7. The van der Waals surface area contributed by atoms with Gasteiger partial charge in [-0.3, -0.25) is 13.8 Å². The third-order valence-electron chi connectivity index (χ3n) is 6.77.